The van der Waals surface area contributed by atoms with E-state index in [-0.39, 0.29) is 0 Å². The molecule has 0 aliphatic carbocycles. The molecule has 0 aromatic heterocycles. The van der Waals surface area contributed by atoms with Crippen molar-refractivity contribution in [1.29, 1.82) is 0 Å². The van der Waals surface area contributed by atoms with Crippen LogP contribution in [0.3, 0.4) is 0 Å². The van der Waals surface area contributed by atoms with E-state index in [9.17, 15) is 0 Å². The zero-order valence-electron chi connectivity index (χ0n) is 12.2. The second-order valence-corrected chi connectivity index (χ2v) is 6.62. The molecule has 3 aliphatic rings. The Morgan fingerprint density at radius 1 is 1.10 bits per heavy atom. The van der Waals surface area contributed by atoms with E-state index in [1.165, 1.54) is 32.4 Å². The van der Waals surface area contributed by atoms with E-state index in [1.54, 1.807) is 0 Å². The summed E-state index contributed by atoms with van der Waals surface area (Å²) in [6.07, 6.45) is 4.01. The Kier molecular flexibility index (Phi) is 3.69. The third-order valence-electron chi connectivity index (χ3n) is 4.84. The molecule has 1 unspecified atom stereocenters. The first-order valence-electron chi connectivity index (χ1n) is 7.84. The lowest BCUT2D eigenvalue weighted by Gasteiger charge is -2.24. The van der Waals surface area contributed by atoms with Gasteiger partial charge in [0, 0.05) is 36.8 Å². The van der Waals surface area contributed by atoms with Gasteiger partial charge in [-0.2, -0.15) is 0 Å². The van der Waals surface area contributed by atoms with Gasteiger partial charge >= 0.3 is 0 Å². The molecule has 1 aromatic carbocycles. The van der Waals surface area contributed by atoms with Gasteiger partial charge in [-0.05, 0) is 44.0 Å². The van der Waals surface area contributed by atoms with Gasteiger partial charge in [0.05, 0.1) is 0 Å². The molecule has 1 atom stereocenters. The van der Waals surface area contributed by atoms with Crippen LogP contribution in [0.15, 0.2) is 12.1 Å². The molecule has 1 aromatic rings. The van der Waals surface area contributed by atoms with Gasteiger partial charge in [-0.3, -0.25) is 9.80 Å². The van der Waals surface area contributed by atoms with Crippen LogP contribution in [-0.4, -0.2) is 48.8 Å². The van der Waals surface area contributed by atoms with Gasteiger partial charge in [0.2, 0.25) is 6.79 Å². The van der Waals surface area contributed by atoms with Gasteiger partial charge in [-0.1, -0.05) is 11.6 Å². The Morgan fingerprint density at radius 3 is 2.67 bits per heavy atom. The summed E-state index contributed by atoms with van der Waals surface area (Å²) in [5, 5.41) is 0.781. The summed E-state index contributed by atoms with van der Waals surface area (Å²) in [6, 6.07) is 4.65. The first-order chi connectivity index (χ1) is 10.3. The summed E-state index contributed by atoms with van der Waals surface area (Å²) >= 11 is 6.38. The zero-order valence-corrected chi connectivity index (χ0v) is 12.9. The topological polar surface area (TPSA) is 24.9 Å². The lowest BCUT2D eigenvalue weighted by molar-refractivity contribution is 0.174. The number of fused-ring (bicyclic) bond motifs is 1. The Bertz CT molecular complexity index is 531. The molecule has 3 heterocycles. The number of ether oxygens (including phenoxy) is 2. The number of halogens is 1. The molecule has 5 heteroatoms. The lowest BCUT2D eigenvalue weighted by Crippen LogP contribution is -2.35. The summed E-state index contributed by atoms with van der Waals surface area (Å²) in [7, 11) is 0. The molecule has 0 amide bonds. The fourth-order valence-electron chi connectivity index (χ4n) is 3.68. The summed E-state index contributed by atoms with van der Waals surface area (Å²) < 4.78 is 10.8. The van der Waals surface area contributed by atoms with Crippen molar-refractivity contribution in [2.24, 2.45) is 0 Å². The quantitative estimate of drug-likeness (QED) is 0.857. The van der Waals surface area contributed by atoms with Crippen molar-refractivity contribution in [3.8, 4) is 11.5 Å². The van der Waals surface area contributed by atoms with Gasteiger partial charge in [0.15, 0.2) is 11.5 Å². The van der Waals surface area contributed by atoms with Crippen molar-refractivity contribution in [3.05, 3.63) is 22.7 Å². The van der Waals surface area contributed by atoms with Crippen LogP contribution < -0.4 is 9.47 Å². The standard InChI is InChI=1S/C16H21ClN2O2/c17-14-8-16-15(20-11-21-16)7-12(14)9-18-6-3-13(10-18)19-4-1-2-5-19/h7-8,13H,1-6,9-11H2. The third kappa shape index (κ3) is 2.72. The molecule has 2 saturated heterocycles. The highest BCUT2D eigenvalue weighted by Crippen LogP contribution is 2.37. The van der Waals surface area contributed by atoms with Crippen molar-refractivity contribution in [3.63, 3.8) is 0 Å². The van der Waals surface area contributed by atoms with E-state index >= 15 is 0 Å². The van der Waals surface area contributed by atoms with Crippen molar-refractivity contribution >= 4 is 11.6 Å². The maximum absolute atomic E-state index is 6.38. The number of hydrogen-bond donors (Lipinski definition) is 0. The molecular formula is C16H21ClN2O2. The smallest absolute Gasteiger partial charge is 0.231 e. The van der Waals surface area contributed by atoms with Crippen molar-refractivity contribution in [2.75, 3.05) is 33.0 Å². The fraction of sp³-hybridized carbons (Fsp3) is 0.625. The second kappa shape index (κ2) is 5.67. The van der Waals surface area contributed by atoms with Crippen LogP contribution >= 0.6 is 11.6 Å². The Hall–Kier alpha value is -0.970. The van der Waals surface area contributed by atoms with Crippen LogP contribution in [0, 0.1) is 0 Å². The molecule has 0 N–H and O–H groups in total. The predicted molar refractivity (Wildman–Crippen MR) is 82.1 cm³/mol. The fourth-order valence-corrected chi connectivity index (χ4v) is 3.90. The molecule has 4 rings (SSSR count). The summed E-state index contributed by atoms with van der Waals surface area (Å²) in [5.41, 5.74) is 1.14. The molecule has 3 aliphatic heterocycles. The van der Waals surface area contributed by atoms with Crippen LogP contribution in [-0.2, 0) is 6.54 Å². The van der Waals surface area contributed by atoms with Crippen LogP contribution in [0.4, 0.5) is 0 Å². The van der Waals surface area contributed by atoms with E-state index in [1.807, 2.05) is 12.1 Å². The molecule has 0 spiro atoms. The average Bonchev–Trinajstić information content (AvgIpc) is 3.18. The molecule has 0 radical (unpaired) electrons. The highest BCUT2D eigenvalue weighted by molar-refractivity contribution is 6.31. The SMILES string of the molecule is Clc1cc2c(cc1CN1CCC(N3CCCC3)C1)OCO2. The number of nitrogens with zero attached hydrogens (tertiary/aromatic N) is 2. The Balaban J connectivity index is 1.42. The predicted octanol–water partition coefficient (Wildman–Crippen LogP) is 2.74. The molecule has 114 valence electrons. The van der Waals surface area contributed by atoms with Gasteiger partial charge in [0.25, 0.3) is 0 Å². The van der Waals surface area contributed by atoms with Crippen LogP contribution in [0.5, 0.6) is 11.5 Å². The van der Waals surface area contributed by atoms with E-state index in [2.05, 4.69) is 9.80 Å². The minimum absolute atomic E-state index is 0.301. The minimum atomic E-state index is 0.301. The van der Waals surface area contributed by atoms with Gasteiger partial charge in [0.1, 0.15) is 0 Å². The molecule has 2 fully saturated rings. The monoisotopic (exact) mass is 308 g/mol. The largest absolute Gasteiger partial charge is 0.454 e. The normalized spacial score (nSPS) is 25.9. The van der Waals surface area contributed by atoms with Crippen LogP contribution in [0.1, 0.15) is 24.8 Å². The summed E-state index contributed by atoms with van der Waals surface area (Å²) in [6.45, 7) is 6.08. The van der Waals surface area contributed by atoms with E-state index in [0.29, 0.717) is 6.79 Å². The number of rotatable bonds is 3. The Morgan fingerprint density at radius 2 is 1.86 bits per heavy atom. The highest BCUT2D eigenvalue weighted by Gasteiger charge is 2.29. The minimum Gasteiger partial charge on any atom is -0.454 e. The maximum Gasteiger partial charge on any atom is 0.231 e. The van der Waals surface area contributed by atoms with E-state index in [0.717, 1.165) is 47.8 Å². The molecular weight excluding hydrogens is 288 g/mol. The number of benzene rings is 1. The van der Waals surface area contributed by atoms with Crippen LogP contribution in [0.2, 0.25) is 5.02 Å². The van der Waals surface area contributed by atoms with E-state index in [4.69, 9.17) is 21.1 Å². The summed E-state index contributed by atoms with van der Waals surface area (Å²) in [5.74, 6) is 1.59. The average molecular weight is 309 g/mol. The highest BCUT2D eigenvalue weighted by atomic mass is 35.5. The first kappa shape index (κ1) is 13.7. The van der Waals surface area contributed by atoms with Crippen molar-refractivity contribution in [1.82, 2.24) is 9.80 Å². The van der Waals surface area contributed by atoms with Crippen molar-refractivity contribution in [2.45, 2.75) is 31.8 Å². The second-order valence-electron chi connectivity index (χ2n) is 6.22. The maximum atomic E-state index is 6.38. The first-order valence-corrected chi connectivity index (χ1v) is 8.22. The van der Waals surface area contributed by atoms with Crippen molar-refractivity contribution < 1.29 is 9.47 Å². The van der Waals surface area contributed by atoms with E-state index < -0.39 is 0 Å². The molecule has 0 bridgehead atoms. The number of likely N-dealkylation sites (tertiary alicyclic amines) is 2. The van der Waals surface area contributed by atoms with Gasteiger partial charge < -0.3 is 9.47 Å². The van der Waals surface area contributed by atoms with Crippen LogP contribution in [0.25, 0.3) is 0 Å². The van der Waals surface area contributed by atoms with Gasteiger partial charge in [-0.15, -0.1) is 0 Å². The zero-order chi connectivity index (χ0) is 14.2. The molecule has 0 saturated carbocycles. The third-order valence-corrected chi connectivity index (χ3v) is 5.19. The molecule has 21 heavy (non-hydrogen) atoms. The molecule has 4 nitrogen and oxygen atoms in total. The Labute approximate surface area is 130 Å². The summed E-state index contributed by atoms with van der Waals surface area (Å²) in [4.78, 5) is 5.16. The lowest BCUT2D eigenvalue weighted by atomic mass is 10.2. The van der Waals surface area contributed by atoms with Gasteiger partial charge in [-0.25, -0.2) is 0 Å². The number of hydrogen-bond acceptors (Lipinski definition) is 4.